The molecule has 0 radical (unpaired) electrons. The van der Waals surface area contributed by atoms with Gasteiger partial charge in [0.05, 0.1) is 22.2 Å². The van der Waals surface area contributed by atoms with Crippen molar-refractivity contribution in [2.45, 2.75) is 17.8 Å². The summed E-state index contributed by atoms with van der Waals surface area (Å²) in [6.07, 6.45) is 0. The zero-order valence-electron chi connectivity index (χ0n) is 32.5. The number of para-hydroxylation sites is 2. The Bertz CT molecular complexity index is 3280. The number of hydrogen-bond acceptors (Lipinski definition) is 2. The van der Waals surface area contributed by atoms with Crippen molar-refractivity contribution < 1.29 is 4.42 Å². The molecule has 59 heavy (non-hydrogen) atoms. The van der Waals surface area contributed by atoms with Crippen molar-refractivity contribution in [3.05, 3.63) is 245 Å². The Labute approximate surface area is 343 Å². The molecule has 1 spiro atoms. The van der Waals surface area contributed by atoms with Crippen LogP contribution in [0.5, 0.6) is 0 Å². The Kier molecular flexibility index (Phi) is 6.54. The zero-order chi connectivity index (χ0) is 38.9. The van der Waals surface area contributed by atoms with Crippen LogP contribution in [0.4, 0.5) is 17.1 Å². The molecule has 0 N–H and O–H groups in total. The quantitative estimate of drug-likeness (QED) is 0.178. The fraction of sp³-hybridized carbons (Fsp3) is 0.0526. The fourth-order valence-corrected chi connectivity index (χ4v) is 11.5. The third-order valence-corrected chi connectivity index (χ3v) is 13.8. The molecule has 0 atom stereocenters. The van der Waals surface area contributed by atoms with E-state index < -0.39 is 10.8 Å². The number of benzene rings is 9. The van der Waals surface area contributed by atoms with Gasteiger partial charge in [0.1, 0.15) is 11.2 Å². The van der Waals surface area contributed by atoms with Gasteiger partial charge in [-0.1, -0.05) is 176 Å². The maximum absolute atomic E-state index is 6.78. The second-order valence-electron chi connectivity index (χ2n) is 16.4. The van der Waals surface area contributed by atoms with E-state index in [4.69, 9.17) is 4.42 Å². The average Bonchev–Trinajstić information content (AvgIpc) is 4.00. The van der Waals surface area contributed by atoms with Crippen LogP contribution in [-0.2, 0) is 10.8 Å². The number of furan rings is 1. The van der Waals surface area contributed by atoms with Crippen LogP contribution < -0.4 is 4.90 Å². The monoisotopic (exact) mass is 751 g/mol. The number of rotatable bonds is 4. The SMILES string of the molecule is CC1(c2ccc3oc4ccccc4c3c2N(c2ccccc2)c2cccc3c2-c2ccccc2C32c3ccccc3-c3ccccc32)c2ccccc2-c2ccccc21. The Morgan fingerprint density at radius 3 is 1.51 bits per heavy atom. The topological polar surface area (TPSA) is 16.4 Å². The normalized spacial score (nSPS) is 14.5. The molecule has 1 heterocycles. The first-order valence-corrected chi connectivity index (χ1v) is 20.6. The molecular weight excluding hydrogens is 715 g/mol. The highest BCUT2D eigenvalue weighted by molar-refractivity contribution is 6.16. The zero-order valence-corrected chi connectivity index (χ0v) is 32.5. The molecule has 3 aliphatic carbocycles. The maximum Gasteiger partial charge on any atom is 0.137 e. The van der Waals surface area contributed by atoms with E-state index in [0.717, 1.165) is 39.0 Å². The second-order valence-corrected chi connectivity index (χ2v) is 16.4. The first kappa shape index (κ1) is 32.6. The molecule has 10 aromatic rings. The highest BCUT2D eigenvalue weighted by Crippen LogP contribution is 2.65. The largest absolute Gasteiger partial charge is 0.456 e. The first-order chi connectivity index (χ1) is 29.2. The van der Waals surface area contributed by atoms with Gasteiger partial charge in [0.15, 0.2) is 0 Å². The van der Waals surface area contributed by atoms with Gasteiger partial charge in [-0.15, -0.1) is 0 Å². The Hall–Kier alpha value is -7.42. The van der Waals surface area contributed by atoms with Crippen LogP contribution >= 0.6 is 0 Å². The Morgan fingerprint density at radius 2 is 0.864 bits per heavy atom. The van der Waals surface area contributed by atoms with Crippen molar-refractivity contribution >= 4 is 39.0 Å². The van der Waals surface area contributed by atoms with Crippen LogP contribution in [0.3, 0.4) is 0 Å². The molecule has 1 aromatic heterocycles. The van der Waals surface area contributed by atoms with Gasteiger partial charge in [-0.05, 0) is 104 Å². The lowest BCUT2D eigenvalue weighted by atomic mass is 9.70. The van der Waals surface area contributed by atoms with Crippen LogP contribution in [0.15, 0.2) is 211 Å². The smallest absolute Gasteiger partial charge is 0.137 e. The highest BCUT2D eigenvalue weighted by Gasteiger charge is 2.53. The van der Waals surface area contributed by atoms with E-state index in [1.807, 2.05) is 0 Å². The third kappa shape index (κ3) is 4.05. The van der Waals surface area contributed by atoms with Crippen LogP contribution in [-0.4, -0.2) is 0 Å². The minimum atomic E-state index is -0.484. The van der Waals surface area contributed by atoms with E-state index in [2.05, 4.69) is 218 Å². The lowest BCUT2D eigenvalue weighted by Crippen LogP contribution is -2.27. The van der Waals surface area contributed by atoms with Crippen molar-refractivity contribution in [1.82, 2.24) is 0 Å². The summed E-state index contributed by atoms with van der Waals surface area (Å²) in [6.45, 7) is 2.43. The van der Waals surface area contributed by atoms with Gasteiger partial charge in [0.25, 0.3) is 0 Å². The van der Waals surface area contributed by atoms with Gasteiger partial charge in [-0.2, -0.15) is 0 Å². The summed E-state index contributed by atoms with van der Waals surface area (Å²) in [6, 6.07) is 76.3. The van der Waals surface area contributed by atoms with Gasteiger partial charge >= 0.3 is 0 Å². The number of fused-ring (bicyclic) bond motifs is 16. The van der Waals surface area contributed by atoms with Crippen molar-refractivity contribution in [3.63, 3.8) is 0 Å². The van der Waals surface area contributed by atoms with E-state index in [0.29, 0.717) is 0 Å². The molecule has 3 aliphatic rings. The molecule has 0 bridgehead atoms. The summed E-state index contributed by atoms with van der Waals surface area (Å²) in [5.74, 6) is 0. The molecule has 0 saturated heterocycles. The van der Waals surface area contributed by atoms with Crippen molar-refractivity contribution in [1.29, 1.82) is 0 Å². The summed E-state index contributed by atoms with van der Waals surface area (Å²) in [5, 5.41) is 2.21. The van der Waals surface area contributed by atoms with Crippen molar-refractivity contribution in [3.8, 4) is 33.4 Å². The van der Waals surface area contributed by atoms with E-state index in [1.165, 1.54) is 72.3 Å². The molecule has 276 valence electrons. The molecule has 0 unspecified atom stereocenters. The van der Waals surface area contributed by atoms with Gasteiger partial charge in [-0.3, -0.25) is 0 Å². The lowest BCUT2D eigenvalue weighted by molar-refractivity contribution is 0.667. The van der Waals surface area contributed by atoms with E-state index in [1.54, 1.807) is 0 Å². The number of nitrogens with zero attached hydrogens (tertiary/aromatic N) is 1. The predicted molar refractivity (Wildman–Crippen MR) is 242 cm³/mol. The van der Waals surface area contributed by atoms with Crippen LogP contribution in [0.1, 0.15) is 45.9 Å². The van der Waals surface area contributed by atoms with E-state index in [-0.39, 0.29) is 0 Å². The molecule has 2 nitrogen and oxygen atoms in total. The minimum Gasteiger partial charge on any atom is -0.456 e. The molecular formula is C57H37NO. The second kappa shape index (κ2) is 11.8. The summed E-state index contributed by atoms with van der Waals surface area (Å²) in [4.78, 5) is 2.57. The van der Waals surface area contributed by atoms with Crippen molar-refractivity contribution in [2.75, 3.05) is 4.90 Å². The predicted octanol–water partition coefficient (Wildman–Crippen LogP) is 14.7. The maximum atomic E-state index is 6.78. The van der Waals surface area contributed by atoms with Crippen LogP contribution in [0.2, 0.25) is 0 Å². The summed E-state index contributed by atoms with van der Waals surface area (Å²) < 4.78 is 6.78. The molecule has 9 aromatic carbocycles. The third-order valence-electron chi connectivity index (χ3n) is 13.8. The van der Waals surface area contributed by atoms with Crippen molar-refractivity contribution in [2.24, 2.45) is 0 Å². The lowest BCUT2D eigenvalue weighted by Gasteiger charge is -2.37. The minimum absolute atomic E-state index is 0.468. The van der Waals surface area contributed by atoms with Gasteiger partial charge < -0.3 is 9.32 Å². The standard InChI is InChI=1S/C57H37NO/c1-56(43-26-11-5-20-37(43)38-21-6-12-27-44(38)56)49-34-35-52-54(42-25-10-16-33-51(42)59-52)55(49)58(36-18-3-2-4-19-36)50-32-17-31-48-53(50)41-24-9-15-30-47(41)57(48)45-28-13-7-22-39(45)40-23-8-14-29-46(40)57/h2-35H,1H3. The molecule has 0 amide bonds. The molecule has 0 fully saturated rings. The Morgan fingerprint density at radius 1 is 0.373 bits per heavy atom. The summed E-state index contributed by atoms with van der Waals surface area (Å²) >= 11 is 0. The van der Waals surface area contributed by atoms with E-state index >= 15 is 0 Å². The van der Waals surface area contributed by atoms with E-state index in [9.17, 15) is 0 Å². The van der Waals surface area contributed by atoms with Crippen LogP contribution in [0.25, 0.3) is 55.3 Å². The number of anilines is 3. The van der Waals surface area contributed by atoms with Crippen LogP contribution in [0, 0.1) is 0 Å². The van der Waals surface area contributed by atoms with Gasteiger partial charge in [-0.25, -0.2) is 0 Å². The Balaban J connectivity index is 1.20. The molecule has 0 aliphatic heterocycles. The summed E-state index contributed by atoms with van der Waals surface area (Å²) in [5.41, 5.74) is 21.0. The fourth-order valence-electron chi connectivity index (χ4n) is 11.5. The highest BCUT2D eigenvalue weighted by atomic mass is 16.3. The molecule has 13 rings (SSSR count). The van der Waals surface area contributed by atoms with Gasteiger partial charge in [0.2, 0.25) is 0 Å². The molecule has 2 heteroatoms. The summed E-state index contributed by atoms with van der Waals surface area (Å²) in [7, 11) is 0. The van der Waals surface area contributed by atoms with Gasteiger partial charge in [0, 0.05) is 22.1 Å². The average molecular weight is 752 g/mol. The number of hydrogen-bond donors (Lipinski definition) is 0. The first-order valence-electron chi connectivity index (χ1n) is 20.6. The molecule has 0 saturated carbocycles.